The molecule has 0 radical (unpaired) electrons. The zero-order chi connectivity index (χ0) is 24.3. The van der Waals surface area contributed by atoms with Gasteiger partial charge in [0.15, 0.2) is 0 Å². The number of pyridine rings is 1. The maximum atomic E-state index is 13.2. The van der Waals surface area contributed by atoms with E-state index in [-0.39, 0.29) is 10.8 Å². The first-order valence-corrected chi connectivity index (χ1v) is 13.1. The molecular weight excluding hydrogens is 468 g/mol. The van der Waals surface area contributed by atoms with Crippen LogP contribution in [0.2, 0.25) is 0 Å². The second-order valence-corrected chi connectivity index (χ2v) is 10.4. The van der Waals surface area contributed by atoms with Crippen LogP contribution in [0.3, 0.4) is 0 Å². The number of hydrogen-bond donors (Lipinski definition) is 1. The number of benzene rings is 2. The molecule has 0 unspecified atom stereocenters. The highest BCUT2D eigenvalue weighted by molar-refractivity contribution is 7.89. The van der Waals surface area contributed by atoms with E-state index in [1.165, 1.54) is 4.31 Å². The van der Waals surface area contributed by atoms with E-state index in [1.807, 2.05) is 29.2 Å². The molecule has 1 amide bonds. The standard InChI is InChI=1S/C25H28N4O5S/c30-25(28-9-13-33-14-10-28)22-17-24(27-23-4-2-1-3-21(22)23)26-18-19-5-7-20(8-6-19)35(31,32)29-11-15-34-16-12-29/h1-8,17H,9-16,18H2,(H,26,27). The van der Waals surface area contributed by atoms with Crippen molar-refractivity contribution >= 4 is 32.7 Å². The van der Waals surface area contributed by atoms with E-state index in [0.29, 0.717) is 70.5 Å². The summed E-state index contributed by atoms with van der Waals surface area (Å²) in [5.41, 5.74) is 2.25. The van der Waals surface area contributed by atoms with Crippen molar-refractivity contribution in [2.75, 3.05) is 57.9 Å². The van der Waals surface area contributed by atoms with Gasteiger partial charge in [-0.2, -0.15) is 4.31 Å². The summed E-state index contributed by atoms with van der Waals surface area (Å²) in [7, 11) is -3.53. The van der Waals surface area contributed by atoms with E-state index in [0.717, 1.165) is 16.5 Å². The maximum absolute atomic E-state index is 13.2. The first kappa shape index (κ1) is 23.7. The minimum absolute atomic E-state index is 0.0346. The molecular formula is C25H28N4O5S. The van der Waals surface area contributed by atoms with Gasteiger partial charge in [0, 0.05) is 38.1 Å². The van der Waals surface area contributed by atoms with Gasteiger partial charge in [-0.25, -0.2) is 13.4 Å². The molecule has 5 rings (SSSR count). The number of para-hydroxylation sites is 1. The van der Waals surface area contributed by atoms with Crippen molar-refractivity contribution in [3.63, 3.8) is 0 Å². The van der Waals surface area contributed by atoms with Crippen LogP contribution in [0, 0.1) is 0 Å². The number of amides is 1. The van der Waals surface area contributed by atoms with E-state index < -0.39 is 10.0 Å². The van der Waals surface area contributed by atoms with Crippen LogP contribution in [0.25, 0.3) is 10.9 Å². The summed E-state index contributed by atoms with van der Waals surface area (Å²) in [5.74, 6) is 0.554. The van der Waals surface area contributed by atoms with Crippen molar-refractivity contribution in [3.05, 3.63) is 65.7 Å². The lowest BCUT2D eigenvalue weighted by atomic mass is 10.1. The molecule has 2 aliphatic rings. The van der Waals surface area contributed by atoms with Gasteiger partial charge in [-0.1, -0.05) is 30.3 Å². The van der Waals surface area contributed by atoms with Gasteiger partial charge in [-0.3, -0.25) is 4.79 Å². The average molecular weight is 497 g/mol. The van der Waals surface area contributed by atoms with E-state index in [9.17, 15) is 13.2 Å². The van der Waals surface area contributed by atoms with Crippen LogP contribution >= 0.6 is 0 Å². The van der Waals surface area contributed by atoms with Crippen molar-refractivity contribution in [3.8, 4) is 0 Å². The summed E-state index contributed by atoms with van der Waals surface area (Å²) in [6.45, 7) is 4.21. The molecule has 10 heteroatoms. The number of hydrogen-bond acceptors (Lipinski definition) is 7. The average Bonchev–Trinajstić information content (AvgIpc) is 2.92. The number of carbonyl (C=O) groups excluding carboxylic acids is 1. The highest BCUT2D eigenvalue weighted by Gasteiger charge is 2.26. The molecule has 2 aliphatic heterocycles. The molecule has 184 valence electrons. The second kappa shape index (κ2) is 10.3. The van der Waals surface area contributed by atoms with Crippen LogP contribution < -0.4 is 5.32 Å². The van der Waals surface area contributed by atoms with Crippen molar-refractivity contribution in [2.45, 2.75) is 11.4 Å². The Morgan fingerprint density at radius 2 is 1.57 bits per heavy atom. The number of ether oxygens (including phenoxy) is 2. The molecule has 3 aromatic rings. The van der Waals surface area contributed by atoms with Gasteiger partial charge in [0.05, 0.1) is 42.4 Å². The first-order chi connectivity index (χ1) is 17.0. The highest BCUT2D eigenvalue weighted by Crippen LogP contribution is 2.24. The monoisotopic (exact) mass is 496 g/mol. The molecule has 2 aromatic carbocycles. The Bertz CT molecular complexity index is 1300. The molecule has 0 saturated carbocycles. The Hall–Kier alpha value is -3.05. The number of rotatable bonds is 6. The van der Waals surface area contributed by atoms with Gasteiger partial charge in [0.2, 0.25) is 10.0 Å². The zero-order valence-corrected chi connectivity index (χ0v) is 20.2. The zero-order valence-electron chi connectivity index (χ0n) is 19.4. The molecule has 0 spiro atoms. The number of nitrogens with zero attached hydrogens (tertiary/aromatic N) is 3. The van der Waals surface area contributed by atoms with Crippen LogP contribution in [0.5, 0.6) is 0 Å². The Morgan fingerprint density at radius 1 is 0.914 bits per heavy atom. The Balaban J connectivity index is 1.33. The van der Waals surface area contributed by atoms with Crippen LogP contribution in [0.4, 0.5) is 5.82 Å². The largest absolute Gasteiger partial charge is 0.379 e. The minimum atomic E-state index is -3.53. The predicted octanol–water partition coefficient (Wildman–Crippen LogP) is 2.34. The summed E-state index contributed by atoms with van der Waals surface area (Å²) in [5, 5.41) is 4.10. The first-order valence-electron chi connectivity index (χ1n) is 11.7. The lowest BCUT2D eigenvalue weighted by Crippen LogP contribution is -2.40. The molecule has 9 nitrogen and oxygen atoms in total. The van der Waals surface area contributed by atoms with Crippen molar-refractivity contribution in [1.29, 1.82) is 0 Å². The summed E-state index contributed by atoms with van der Waals surface area (Å²) in [6.07, 6.45) is 0. The van der Waals surface area contributed by atoms with Crippen molar-refractivity contribution in [2.24, 2.45) is 0 Å². The lowest BCUT2D eigenvalue weighted by Gasteiger charge is -2.27. The fourth-order valence-corrected chi connectivity index (χ4v) is 5.70. The Labute approximate surface area is 204 Å². The normalized spacial score (nSPS) is 17.4. The molecule has 0 atom stereocenters. The molecule has 0 aliphatic carbocycles. The third kappa shape index (κ3) is 5.15. The van der Waals surface area contributed by atoms with Gasteiger partial charge >= 0.3 is 0 Å². The third-order valence-corrected chi connectivity index (χ3v) is 8.16. The Morgan fingerprint density at radius 3 is 2.29 bits per heavy atom. The second-order valence-electron chi connectivity index (χ2n) is 8.49. The Kier molecular flexibility index (Phi) is 6.96. The molecule has 2 saturated heterocycles. The molecule has 3 heterocycles. The molecule has 2 fully saturated rings. The van der Waals surface area contributed by atoms with Crippen LogP contribution in [-0.4, -0.2) is 81.1 Å². The molecule has 1 N–H and O–H groups in total. The number of anilines is 1. The molecule has 0 bridgehead atoms. The van der Waals surface area contributed by atoms with Gasteiger partial charge < -0.3 is 19.7 Å². The SMILES string of the molecule is O=C(c1cc(NCc2ccc(S(=O)(=O)N3CCOCC3)cc2)nc2ccccc12)N1CCOCC1. The lowest BCUT2D eigenvalue weighted by molar-refractivity contribution is 0.0304. The summed E-state index contributed by atoms with van der Waals surface area (Å²) in [4.78, 5) is 20.0. The predicted molar refractivity (Wildman–Crippen MR) is 132 cm³/mol. The van der Waals surface area contributed by atoms with Gasteiger partial charge in [0.25, 0.3) is 5.91 Å². The van der Waals surface area contributed by atoms with Crippen molar-refractivity contribution < 1.29 is 22.7 Å². The smallest absolute Gasteiger partial charge is 0.254 e. The van der Waals surface area contributed by atoms with E-state index in [1.54, 1.807) is 30.3 Å². The molecule has 35 heavy (non-hydrogen) atoms. The summed E-state index contributed by atoms with van der Waals surface area (Å²) in [6, 6.07) is 16.2. The summed E-state index contributed by atoms with van der Waals surface area (Å²) < 4.78 is 37.8. The number of sulfonamides is 1. The van der Waals surface area contributed by atoms with E-state index in [4.69, 9.17) is 9.47 Å². The van der Waals surface area contributed by atoms with Gasteiger partial charge in [-0.05, 0) is 29.8 Å². The number of aromatic nitrogens is 1. The van der Waals surface area contributed by atoms with E-state index >= 15 is 0 Å². The summed E-state index contributed by atoms with van der Waals surface area (Å²) >= 11 is 0. The van der Waals surface area contributed by atoms with Crippen LogP contribution in [-0.2, 0) is 26.0 Å². The number of morpholine rings is 2. The molecule has 1 aromatic heterocycles. The van der Waals surface area contributed by atoms with Crippen LogP contribution in [0.15, 0.2) is 59.5 Å². The number of fused-ring (bicyclic) bond motifs is 1. The maximum Gasteiger partial charge on any atom is 0.254 e. The van der Waals surface area contributed by atoms with E-state index in [2.05, 4.69) is 10.3 Å². The van der Waals surface area contributed by atoms with Crippen molar-refractivity contribution in [1.82, 2.24) is 14.2 Å². The number of carbonyl (C=O) groups is 1. The highest BCUT2D eigenvalue weighted by atomic mass is 32.2. The third-order valence-electron chi connectivity index (χ3n) is 6.25. The van der Waals surface area contributed by atoms with Gasteiger partial charge in [-0.15, -0.1) is 0 Å². The minimum Gasteiger partial charge on any atom is -0.379 e. The fraction of sp³-hybridized carbons (Fsp3) is 0.360. The quantitative estimate of drug-likeness (QED) is 0.559. The van der Waals surface area contributed by atoms with Crippen LogP contribution in [0.1, 0.15) is 15.9 Å². The topological polar surface area (TPSA) is 101 Å². The fourth-order valence-electron chi connectivity index (χ4n) is 4.29. The van der Waals surface area contributed by atoms with Gasteiger partial charge in [0.1, 0.15) is 5.82 Å². The number of nitrogens with one attached hydrogen (secondary N) is 1.